The fourth-order valence-electron chi connectivity index (χ4n) is 1.36. The van der Waals surface area contributed by atoms with E-state index in [2.05, 4.69) is 30.1 Å². The van der Waals surface area contributed by atoms with Crippen molar-refractivity contribution in [2.45, 2.75) is 11.8 Å². The molecule has 0 atom stereocenters. The lowest BCUT2D eigenvalue weighted by Gasteiger charge is -2.02. The maximum atomic E-state index is 4.21. The van der Waals surface area contributed by atoms with Crippen molar-refractivity contribution in [3.8, 4) is 0 Å². The van der Waals surface area contributed by atoms with Crippen LogP contribution in [0.2, 0.25) is 0 Å². The number of thioether (sulfide) groups is 1. The zero-order chi connectivity index (χ0) is 9.10. The first kappa shape index (κ1) is 8.57. The van der Waals surface area contributed by atoms with E-state index in [1.807, 2.05) is 30.2 Å². The van der Waals surface area contributed by atoms with Gasteiger partial charge in [-0.2, -0.15) is 0 Å². The van der Waals surface area contributed by atoms with Crippen LogP contribution in [0.1, 0.15) is 6.92 Å². The predicted molar refractivity (Wildman–Crippen MR) is 58.1 cm³/mol. The van der Waals surface area contributed by atoms with Crippen LogP contribution in [0.3, 0.4) is 0 Å². The van der Waals surface area contributed by atoms with Crippen LogP contribution in [0.25, 0.3) is 10.8 Å². The molecule has 1 aromatic carbocycles. The third-order valence-corrected chi connectivity index (χ3v) is 2.86. The maximum absolute atomic E-state index is 4.21. The molecule has 0 aliphatic rings. The fraction of sp³-hybridized carbons (Fsp3) is 0.182. The molecule has 0 aliphatic heterocycles. The molecule has 0 radical (unpaired) electrons. The van der Waals surface area contributed by atoms with Gasteiger partial charge in [0.25, 0.3) is 0 Å². The summed E-state index contributed by atoms with van der Waals surface area (Å²) in [6.07, 6.45) is 3.85. The van der Waals surface area contributed by atoms with E-state index in [1.54, 1.807) is 0 Å². The first-order valence-electron chi connectivity index (χ1n) is 4.37. The highest BCUT2D eigenvalue weighted by molar-refractivity contribution is 7.99. The molecule has 1 heterocycles. The van der Waals surface area contributed by atoms with Gasteiger partial charge in [-0.3, -0.25) is 4.98 Å². The second kappa shape index (κ2) is 3.79. The number of pyridine rings is 1. The second-order valence-corrected chi connectivity index (χ2v) is 4.10. The Labute approximate surface area is 82.2 Å². The quantitative estimate of drug-likeness (QED) is 0.672. The van der Waals surface area contributed by atoms with E-state index in [0.717, 1.165) is 5.75 Å². The first-order valence-corrected chi connectivity index (χ1v) is 5.36. The largest absolute Gasteiger partial charge is 0.263 e. The van der Waals surface area contributed by atoms with Crippen molar-refractivity contribution in [3.05, 3.63) is 36.7 Å². The van der Waals surface area contributed by atoms with Gasteiger partial charge in [-0.25, -0.2) is 0 Å². The SMILES string of the molecule is CCSc1cncc2ccccc12. The fourth-order valence-corrected chi connectivity index (χ4v) is 2.15. The van der Waals surface area contributed by atoms with Crippen molar-refractivity contribution in [3.63, 3.8) is 0 Å². The van der Waals surface area contributed by atoms with E-state index >= 15 is 0 Å². The number of nitrogens with zero attached hydrogens (tertiary/aromatic N) is 1. The number of fused-ring (bicyclic) bond motifs is 1. The summed E-state index contributed by atoms with van der Waals surface area (Å²) < 4.78 is 0. The Morgan fingerprint density at radius 2 is 2.08 bits per heavy atom. The predicted octanol–water partition coefficient (Wildman–Crippen LogP) is 3.35. The summed E-state index contributed by atoms with van der Waals surface area (Å²) in [5.41, 5.74) is 0. The molecule has 66 valence electrons. The van der Waals surface area contributed by atoms with Crippen LogP contribution in [-0.4, -0.2) is 10.7 Å². The van der Waals surface area contributed by atoms with Gasteiger partial charge in [0.2, 0.25) is 0 Å². The molecule has 0 amide bonds. The van der Waals surface area contributed by atoms with Crippen molar-refractivity contribution in [1.29, 1.82) is 0 Å². The van der Waals surface area contributed by atoms with Gasteiger partial charge in [0.15, 0.2) is 0 Å². The summed E-state index contributed by atoms with van der Waals surface area (Å²) in [6.45, 7) is 2.16. The van der Waals surface area contributed by atoms with Crippen molar-refractivity contribution < 1.29 is 0 Å². The molecule has 0 aliphatic carbocycles. The number of aromatic nitrogens is 1. The van der Waals surface area contributed by atoms with Gasteiger partial charge in [0, 0.05) is 22.7 Å². The lowest BCUT2D eigenvalue weighted by molar-refractivity contribution is 1.28. The van der Waals surface area contributed by atoms with Crippen molar-refractivity contribution in [2.24, 2.45) is 0 Å². The summed E-state index contributed by atoms with van der Waals surface area (Å²) in [4.78, 5) is 5.49. The third-order valence-electron chi connectivity index (χ3n) is 1.93. The number of benzene rings is 1. The van der Waals surface area contributed by atoms with Crippen molar-refractivity contribution >= 4 is 22.5 Å². The Kier molecular flexibility index (Phi) is 2.50. The Hall–Kier alpha value is -1.02. The molecule has 0 saturated heterocycles. The highest BCUT2D eigenvalue weighted by Crippen LogP contribution is 2.25. The Morgan fingerprint density at radius 3 is 2.92 bits per heavy atom. The molecule has 0 spiro atoms. The van der Waals surface area contributed by atoms with Crippen LogP contribution in [0.5, 0.6) is 0 Å². The second-order valence-electron chi connectivity index (χ2n) is 2.79. The lowest BCUT2D eigenvalue weighted by Crippen LogP contribution is -1.80. The van der Waals surface area contributed by atoms with Gasteiger partial charge < -0.3 is 0 Å². The minimum atomic E-state index is 1.09. The molecular formula is C11H11NS. The lowest BCUT2D eigenvalue weighted by atomic mass is 10.2. The van der Waals surface area contributed by atoms with Crippen LogP contribution in [0.4, 0.5) is 0 Å². The van der Waals surface area contributed by atoms with Gasteiger partial charge >= 0.3 is 0 Å². The Bertz CT molecular complexity index is 406. The monoisotopic (exact) mass is 189 g/mol. The summed E-state index contributed by atoms with van der Waals surface area (Å²) >= 11 is 1.84. The molecule has 2 aromatic rings. The number of hydrogen-bond acceptors (Lipinski definition) is 2. The van der Waals surface area contributed by atoms with Gasteiger partial charge in [0.05, 0.1) is 0 Å². The topological polar surface area (TPSA) is 12.9 Å². The van der Waals surface area contributed by atoms with Crippen LogP contribution in [0, 0.1) is 0 Å². The van der Waals surface area contributed by atoms with E-state index in [1.165, 1.54) is 15.7 Å². The summed E-state index contributed by atoms with van der Waals surface area (Å²) in [5, 5.41) is 2.53. The van der Waals surface area contributed by atoms with Gasteiger partial charge in [-0.1, -0.05) is 31.2 Å². The van der Waals surface area contributed by atoms with E-state index in [0.29, 0.717) is 0 Å². The average molecular weight is 189 g/mol. The van der Waals surface area contributed by atoms with Gasteiger partial charge in [-0.15, -0.1) is 11.8 Å². The van der Waals surface area contributed by atoms with Gasteiger partial charge in [0.1, 0.15) is 0 Å². The Balaban J connectivity index is 2.61. The van der Waals surface area contributed by atoms with E-state index in [4.69, 9.17) is 0 Å². The van der Waals surface area contributed by atoms with Crippen LogP contribution >= 0.6 is 11.8 Å². The van der Waals surface area contributed by atoms with Crippen molar-refractivity contribution in [2.75, 3.05) is 5.75 Å². The van der Waals surface area contributed by atoms with Crippen LogP contribution in [0.15, 0.2) is 41.6 Å². The Morgan fingerprint density at radius 1 is 1.23 bits per heavy atom. The summed E-state index contributed by atoms with van der Waals surface area (Å²) in [5.74, 6) is 1.09. The third kappa shape index (κ3) is 1.68. The van der Waals surface area contributed by atoms with Crippen LogP contribution < -0.4 is 0 Å². The molecule has 0 fully saturated rings. The standard InChI is InChI=1S/C11H11NS/c1-2-13-11-8-12-7-9-5-3-4-6-10(9)11/h3-8H,2H2,1H3. The van der Waals surface area contributed by atoms with Crippen molar-refractivity contribution in [1.82, 2.24) is 4.98 Å². The van der Waals surface area contributed by atoms with E-state index in [-0.39, 0.29) is 0 Å². The zero-order valence-electron chi connectivity index (χ0n) is 7.53. The summed E-state index contributed by atoms with van der Waals surface area (Å²) in [6, 6.07) is 8.36. The molecule has 0 saturated carbocycles. The minimum Gasteiger partial charge on any atom is -0.263 e. The molecule has 1 nitrogen and oxygen atoms in total. The number of hydrogen-bond donors (Lipinski definition) is 0. The molecule has 2 heteroatoms. The smallest absolute Gasteiger partial charge is 0.0410 e. The van der Waals surface area contributed by atoms with Gasteiger partial charge in [-0.05, 0) is 11.1 Å². The molecule has 2 rings (SSSR count). The molecule has 0 bridgehead atoms. The molecule has 1 aromatic heterocycles. The summed E-state index contributed by atoms with van der Waals surface area (Å²) in [7, 11) is 0. The zero-order valence-corrected chi connectivity index (χ0v) is 8.34. The number of rotatable bonds is 2. The van der Waals surface area contributed by atoms with Crippen LogP contribution in [-0.2, 0) is 0 Å². The highest BCUT2D eigenvalue weighted by Gasteiger charge is 1.99. The van der Waals surface area contributed by atoms with E-state index in [9.17, 15) is 0 Å². The maximum Gasteiger partial charge on any atom is 0.0410 e. The average Bonchev–Trinajstić information content (AvgIpc) is 2.19. The normalized spacial score (nSPS) is 10.5. The minimum absolute atomic E-state index is 1.09. The first-order chi connectivity index (χ1) is 6.42. The molecule has 13 heavy (non-hydrogen) atoms. The van der Waals surface area contributed by atoms with E-state index < -0.39 is 0 Å². The highest BCUT2D eigenvalue weighted by atomic mass is 32.2. The molecular weight excluding hydrogens is 178 g/mol. The molecule has 0 N–H and O–H groups in total. The molecule has 0 unspecified atom stereocenters.